The molecule has 17 heavy (non-hydrogen) atoms. The van der Waals surface area contributed by atoms with Crippen molar-refractivity contribution in [3.63, 3.8) is 0 Å². The molecule has 1 fully saturated rings. The molecular formula is C14H17BrO2. The third-order valence-electron chi connectivity index (χ3n) is 3.75. The van der Waals surface area contributed by atoms with E-state index in [0.29, 0.717) is 0 Å². The van der Waals surface area contributed by atoms with E-state index in [0.717, 1.165) is 16.5 Å². The molecule has 0 amide bonds. The van der Waals surface area contributed by atoms with Crippen LogP contribution in [-0.4, -0.2) is 11.1 Å². The molecule has 0 aromatic heterocycles. The van der Waals surface area contributed by atoms with Crippen molar-refractivity contribution < 1.29 is 9.90 Å². The lowest BCUT2D eigenvalue weighted by Gasteiger charge is -2.22. The fourth-order valence-electron chi connectivity index (χ4n) is 2.73. The molecule has 1 saturated carbocycles. The minimum absolute atomic E-state index is 0.0332. The maximum atomic E-state index is 11.6. The van der Waals surface area contributed by atoms with Gasteiger partial charge in [0.1, 0.15) is 0 Å². The second kappa shape index (κ2) is 3.84. The number of carboxylic acid groups (broad SMARTS) is 1. The Hall–Kier alpha value is -0.830. The zero-order valence-electron chi connectivity index (χ0n) is 10.3. The van der Waals surface area contributed by atoms with E-state index in [1.54, 1.807) is 0 Å². The van der Waals surface area contributed by atoms with Crippen molar-refractivity contribution in [3.8, 4) is 0 Å². The molecule has 1 aromatic rings. The van der Waals surface area contributed by atoms with Crippen molar-refractivity contribution in [1.82, 2.24) is 0 Å². The van der Waals surface area contributed by atoms with E-state index in [-0.39, 0.29) is 11.3 Å². The van der Waals surface area contributed by atoms with Crippen molar-refractivity contribution in [3.05, 3.63) is 34.3 Å². The van der Waals surface area contributed by atoms with Gasteiger partial charge >= 0.3 is 5.97 Å². The minimum atomic E-state index is -0.695. The summed E-state index contributed by atoms with van der Waals surface area (Å²) in [6.45, 7) is 6.34. The van der Waals surface area contributed by atoms with Gasteiger partial charge < -0.3 is 5.11 Å². The third-order valence-corrected chi connectivity index (χ3v) is 4.28. The van der Waals surface area contributed by atoms with Crippen LogP contribution in [0.5, 0.6) is 0 Å². The van der Waals surface area contributed by atoms with Crippen molar-refractivity contribution in [1.29, 1.82) is 0 Å². The molecule has 1 aliphatic carbocycles. The van der Waals surface area contributed by atoms with E-state index in [1.807, 2.05) is 24.3 Å². The molecule has 1 N–H and O–H groups in total. The number of hydrogen-bond donors (Lipinski definition) is 1. The number of benzene rings is 1. The average Bonchev–Trinajstić information content (AvgIpc) is 2.94. The van der Waals surface area contributed by atoms with Gasteiger partial charge in [-0.3, -0.25) is 4.79 Å². The Morgan fingerprint density at radius 1 is 1.35 bits per heavy atom. The second-order valence-corrected chi connectivity index (χ2v) is 6.82. The molecule has 2 unspecified atom stereocenters. The predicted octanol–water partition coefficient (Wildman–Crippen LogP) is 3.84. The van der Waals surface area contributed by atoms with Crippen LogP contribution < -0.4 is 0 Å². The molecule has 0 aliphatic heterocycles. The molecule has 0 radical (unpaired) electrons. The maximum absolute atomic E-state index is 11.6. The molecule has 0 spiro atoms. The lowest BCUT2D eigenvalue weighted by atomic mass is 9.81. The Labute approximate surface area is 110 Å². The first-order valence-electron chi connectivity index (χ1n) is 5.78. The van der Waals surface area contributed by atoms with Crippen LogP contribution in [0.1, 0.15) is 32.8 Å². The van der Waals surface area contributed by atoms with E-state index in [1.165, 1.54) is 0 Å². The normalized spacial score (nSPS) is 27.9. The van der Waals surface area contributed by atoms with Crippen LogP contribution in [0.3, 0.4) is 0 Å². The Morgan fingerprint density at radius 2 is 1.88 bits per heavy atom. The van der Waals surface area contributed by atoms with E-state index in [4.69, 9.17) is 0 Å². The third kappa shape index (κ3) is 2.01. The van der Waals surface area contributed by atoms with Gasteiger partial charge in [0.15, 0.2) is 0 Å². The summed E-state index contributed by atoms with van der Waals surface area (Å²) in [6, 6.07) is 7.67. The van der Waals surface area contributed by atoms with E-state index in [9.17, 15) is 9.90 Å². The fraction of sp³-hybridized carbons (Fsp3) is 0.500. The van der Waals surface area contributed by atoms with Crippen LogP contribution in [0.4, 0.5) is 0 Å². The summed E-state index contributed by atoms with van der Waals surface area (Å²) in [5, 5.41) is 9.55. The zero-order chi connectivity index (χ0) is 12.8. The summed E-state index contributed by atoms with van der Waals surface area (Å²) in [5.74, 6) is -0.478. The topological polar surface area (TPSA) is 37.3 Å². The molecule has 2 rings (SSSR count). The minimum Gasteiger partial charge on any atom is -0.481 e. The predicted molar refractivity (Wildman–Crippen MR) is 71.0 cm³/mol. The molecule has 0 heterocycles. The molecule has 1 aliphatic rings. The van der Waals surface area contributed by atoms with Crippen molar-refractivity contribution in [2.24, 2.45) is 11.3 Å². The van der Waals surface area contributed by atoms with Crippen LogP contribution in [0.15, 0.2) is 28.7 Å². The van der Waals surface area contributed by atoms with Gasteiger partial charge in [-0.05, 0) is 35.4 Å². The summed E-state index contributed by atoms with van der Waals surface area (Å²) in [7, 11) is 0. The molecule has 0 bridgehead atoms. The highest BCUT2D eigenvalue weighted by atomic mass is 79.9. The van der Waals surface area contributed by atoms with E-state index < -0.39 is 11.4 Å². The molecule has 0 saturated heterocycles. The SMILES string of the molecule is CC(C)(C)C1CC1(C(=O)O)c1ccc(Br)cc1. The quantitative estimate of drug-likeness (QED) is 0.900. The molecule has 3 heteroatoms. The van der Waals surface area contributed by atoms with Gasteiger partial charge in [-0.25, -0.2) is 0 Å². The Bertz CT molecular complexity index is 444. The van der Waals surface area contributed by atoms with Crippen molar-refractivity contribution in [2.45, 2.75) is 32.6 Å². The van der Waals surface area contributed by atoms with Crippen LogP contribution in [-0.2, 0) is 10.2 Å². The lowest BCUT2D eigenvalue weighted by molar-refractivity contribution is -0.141. The number of aliphatic carboxylic acids is 1. The van der Waals surface area contributed by atoms with Crippen LogP contribution >= 0.6 is 15.9 Å². The van der Waals surface area contributed by atoms with Gasteiger partial charge in [-0.2, -0.15) is 0 Å². The summed E-state index contributed by atoms with van der Waals surface area (Å²) in [6.07, 6.45) is 0.744. The number of halogens is 1. The van der Waals surface area contributed by atoms with Gasteiger partial charge in [-0.1, -0.05) is 48.8 Å². The highest BCUT2D eigenvalue weighted by Crippen LogP contribution is 2.62. The Morgan fingerprint density at radius 3 is 2.24 bits per heavy atom. The number of hydrogen-bond acceptors (Lipinski definition) is 1. The highest BCUT2D eigenvalue weighted by molar-refractivity contribution is 9.10. The standard InChI is InChI=1S/C14H17BrO2/c1-13(2,3)11-8-14(11,12(16)17)9-4-6-10(15)7-5-9/h4-7,11H,8H2,1-3H3,(H,16,17). The lowest BCUT2D eigenvalue weighted by Crippen LogP contribution is -2.27. The average molecular weight is 297 g/mol. The van der Waals surface area contributed by atoms with Crippen LogP contribution in [0, 0.1) is 11.3 Å². The molecule has 2 atom stereocenters. The Balaban J connectivity index is 2.40. The van der Waals surface area contributed by atoms with Gasteiger partial charge in [0, 0.05) is 4.47 Å². The summed E-state index contributed by atoms with van der Waals surface area (Å²) in [5.41, 5.74) is 0.290. The molecule has 2 nitrogen and oxygen atoms in total. The van der Waals surface area contributed by atoms with Crippen molar-refractivity contribution >= 4 is 21.9 Å². The van der Waals surface area contributed by atoms with Crippen LogP contribution in [0.25, 0.3) is 0 Å². The van der Waals surface area contributed by atoms with Crippen molar-refractivity contribution in [2.75, 3.05) is 0 Å². The van der Waals surface area contributed by atoms with Gasteiger partial charge in [0.05, 0.1) is 5.41 Å². The van der Waals surface area contributed by atoms with E-state index >= 15 is 0 Å². The highest BCUT2D eigenvalue weighted by Gasteiger charge is 2.65. The largest absolute Gasteiger partial charge is 0.481 e. The first kappa shape index (κ1) is 12.6. The number of carbonyl (C=O) groups is 1. The van der Waals surface area contributed by atoms with E-state index in [2.05, 4.69) is 36.7 Å². The summed E-state index contributed by atoms with van der Waals surface area (Å²) < 4.78 is 0.981. The first-order chi connectivity index (χ1) is 7.78. The summed E-state index contributed by atoms with van der Waals surface area (Å²) in [4.78, 5) is 11.6. The van der Waals surface area contributed by atoms with Crippen LogP contribution in [0.2, 0.25) is 0 Å². The smallest absolute Gasteiger partial charge is 0.314 e. The monoisotopic (exact) mass is 296 g/mol. The molecule has 92 valence electrons. The Kier molecular flexibility index (Phi) is 2.85. The van der Waals surface area contributed by atoms with Gasteiger partial charge in [0.25, 0.3) is 0 Å². The fourth-order valence-corrected chi connectivity index (χ4v) is 3.00. The first-order valence-corrected chi connectivity index (χ1v) is 6.57. The molecular weight excluding hydrogens is 280 g/mol. The number of carboxylic acids is 1. The second-order valence-electron chi connectivity index (χ2n) is 5.91. The molecule has 1 aromatic carbocycles. The number of rotatable bonds is 2. The maximum Gasteiger partial charge on any atom is 0.314 e. The van der Waals surface area contributed by atoms with Gasteiger partial charge in [0.2, 0.25) is 0 Å². The van der Waals surface area contributed by atoms with Gasteiger partial charge in [-0.15, -0.1) is 0 Å². The zero-order valence-corrected chi connectivity index (χ0v) is 11.9. The summed E-state index contributed by atoms with van der Waals surface area (Å²) >= 11 is 3.38.